The summed E-state index contributed by atoms with van der Waals surface area (Å²) < 4.78 is 9.88. The van der Waals surface area contributed by atoms with Crippen molar-refractivity contribution in [2.24, 2.45) is 0 Å². The lowest BCUT2D eigenvalue weighted by Gasteiger charge is -2.15. The second kappa shape index (κ2) is 7.25. The highest BCUT2D eigenvalue weighted by Crippen LogP contribution is 2.14. The van der Waals surface area contributed by atoms with Gasteiger partial charge in [0.05, 0.1) is 20.1 Å². The number of ether oxygens (including phenoxy) is 2. The Kier molecular flexibility index (Phi) is 5.66. The number of nitrogen functional groups attached to an aromatic ring is 1. The van der Waals surface area contributed by atoms with Gasteiger partial charge in [0.15, 0.2) is 0 Å². The maximum atomic E-state index is 11.7. The summed E-state index contributed by atoms with van der Waals surface area (Å²) in [4.78, 5) is 24.0. The molecule has 0 radical (unpaired) electrons. The second-order valence-corrected chi connectivity index (χ2v) is 4.00. The third-order valence-corrected chi connectivity index (χ3v) is 2.46. The van der Waals surface area contributed by atoms with E-state index in [-0.39, 0.29) is 25.5 Å². The Hall–Kier alpha value is -2.24. The van der Waals surface area contributed by atoms with Gasteiger partial charge >= 0.3 is 5.97 Å². The standard InChI is InChI=1S/C13H18N2O4/c1-15(9-13(17)18-2)12(16)6-7-19-11-5-3-4-10(14)8-11/h3-5,8H,6-7,9,14H2,1-2H3. The molecule has 0 heterocycles. The fraction of sp³-hybridized carbons (Fsp3) is 0.385. The molecule has 0 fully saturated rings. The predicted molar refractivity (Wildman–Crippen MR) is 70.6 cm³/mol. The van der Waals surface area contributed by atoms with Crippen LogP contribution in [0.25, 0.3) is 0 Å². The van der Waals surface area contributed by atoms with Crippen LogP contribution in [0.5, 0.6) is 5.75 Å². The van der Waals surface area contributed by atoms with Crippen molar-refractivity contribution in [1.29, 1.82) is 0 Å². The molecule has 2 N–H and O–H groups in total. The van der Waals surface area contributed by atoms with Crippen LogP contribution in [0.2, 0.25) is 0 Å². The first-order valence-electron chi connectivity index (χ1n) is 5.82. The molecule has 19 heavy (non-hydrogen) atoms. The minimum Gasteiger partial charge on any atom is -0.493 e. The third-order valence-electron chi connectivity index (χ3n) is 2.46. The van der Waals surface area contributed by atoms with Gasteiger partial charge in [-0.3, -0.25) is 9.59 Å². The molecule has 0 aromatic heterocycles. The van der Waals surface area contributed by atoms with E-state index >= 15 is 0 Å². The second-order valence-electron chi connectivity index (χ2n) is 4.00. The summed E-state index contributed by atoms with van der Waals surface area (Å²) in [6, 6.07) is 6.97. The van der Waals surface area contributed by atoms with E-state index in [1.807, 2.05) is 0 Å². The molecule has 6 heteroatoms. The molecule has 1 amide bonds. The minimum absolute atomic E-state index is 0.0619. The number of methoxy groups -OCH3 is 1. The summed E-state index contributed by atoms with van der Waals surface area (Å²) in [7, 11) is 2.82. The SMILES string of the molecule is COC(=O)CN(C)C(=O)CCOc1cccc(N)c1. The lowest BCUT2D eigenvalue weighted by atomic mass is 10.3. The number of carbonyl (C=O) groups is 2. The first kappa shape index (κ1) is 14.8. The maximum absolute atomic E-state index is 11.7. The molecule has 6 nitrogen and oxygen atoms in total. The van der Waals surface area contributed by atoms with Crippen molar-refractivity contribution in [2.45, 2.75) is 6.42 Å². The van der Waals surface area contributed by atoms with Crippen LogP contribution in [0, 0.1) is 0 Å². The number of hydrogen-bond donors (Lipinski definition) is 1. The Morgan fingerprint density at radius 2 is 2.11 bits per heavy atom. The van der Waals surface area contributed by atoms with Crippen LogP contribution >= 0.6 is 0 Å². The lowest BCUT2D eigenvalue weighted by molar-refractivity contribution is -0.146. The van der Waals surface area contributed by atoms with Gasteiger partial charge in [0, 0.05) is 18.8 Å². The van der Waals surface area contributed by atoms with E-state index in [0.29, 0.717) is 11.4 Å². The number of nitrogens with zero attached hydrogens (tertiary/aromatic N) is 1. The predicted octanol–water partition coefficient (Wildman–Crippen LogP) is 0.669. The maximum Gasteiger partial charge on any atom is 0.325 e. The Labute approximate surface area is 112 Å². The first-order valence-corrected chi connectivity index (χ1v) is 5.82. The summed E-state index contributed by atoms with van der Waals surface area (Å²) in [5.41, 5.74) is 6.21. The Bertz CT molecular complexity index is 448. The molecule has 0 bridgehead atoms. The van der Waals surface area contributed by atoms with Gasteiger partial charge in [-0.05, 0) is 12.1 Å². The minimum atomic E-state index is -0.451. The van der Waals surface area contributed by atoms with Crippen molar-refractivity contribution in [3.05, 3.63) is 24.3 Å². The van der Waals surface area contributed by atoms with Gasteiger partial charge in [-0.15, -0.1) is 0 Å². The molecule has 0 aliphatic carbocycles. The fourth-order valence-electron chi connectivity index (χ4n) is 1.40. The van der Waals surface area contributed by atoms with Gasteiger partial charge in [-0.25, -0.2) is 0 Å². The molecule has 0 atom stereocenters. The fourth-order valence-corrected chi connectivity index (χ4v) is 1.40. The summed E-state index contributed by atoms with van der Waals surface area (Å²) in [5, 5.41) is 0. The third kappa shape index (κ3) is 5.29. The van der Waals surface area contributed by atoms with Crippen LogP contribution in [0.3, 0.4) is 0 Å². The van der Waals surface area contributed by atoms with Crippen LogP contribution in [-0.4, -0.2) is 44.1 Å². The van der Waals surface area contributed by atoms with Crippen LogP contribution in [0.4, 0.5) is 5.69 Å². The highest BCUT2D eigenvalue weighted by molar-refractivity contribution is 5.81. The summed E-state index contributed by atoms with van der Waals surface area (Å²) >= 11 is 0. The molecule has 0 aliphatic rings. The Balaban J connectivity index is 2.32. The van der Waals surface area contributed by atoms with Crippen LogP contribution in [-0.2, 0) is 14.3 Å². The number of likely N-dealkylation sites (N-methyl/N-ethyl adjacent to an activating group) is 1. The number of benzene rings is 1. The topological polar surface area (TPSA) is 81.9 Å². The van der Waals surface area contributed by atoms with E-state index in [2.05, 4.69) is 4.74 Å². The highest BCUT2D eigenvalue weighted by Gasteiger charge is 2.12. The largest absolute Gasteiger partial charge is 0.493 e. The summed E-state index contributed by atoms with van der Waals surface area (Å²) in [6.45, 7) is 0.168. The summed E-state index contributed by atoms with van der Waals surface area (Å²) in [5.74, 6) is -0.0228. The zero-order chi connectivity index (χ0) is 14.3. The molecule has 0 unspecified atom stereocenters. The monoisotopic (exact) mass is 266 g/mol. The number of carbonyl (C=O) groups excluding carboxylic acids is 2. The molecule has 0 saturated carbocycles. The summed E-state index contributed by atoms with van der Waals surface area (Å²) in [6.07, 6.45) is 0.183. The Morgan fingerprint density at radius 1 is 1.37 bits per heavy atom. The van der Waals surface area contributed by atoms with Crippen molar-refractivity contribution in [3.63, 3.8) is 0 Å². The number of esters is 1. The van der Waals surface area contributed by atoms with Gasteiger partial charge in [0.25, 0.3) is 0 Å². The Morgan fingerprint density at radius 3 is 2.74 bits per heavy atom. The van der Waals surface area contributed by atoms with Gasteiger partial charge in [-0.2, -0.15) is 0 Å². The number of rotatable bonds is 6. The van der Waals surface area contributed by atoms with E-state index in [9.17, 15) is 9.59 Å². The average Bonchev–Trinajstić information content (AvgIpc) is 2.38. The smallest absolute Gasteiger partial charge is 0.325 e. The lowest BCUT2D eigenvalue weighted by Crippen LogP contribution is -2.33. The molecular weight excluding hydrogens is 248 g/mol. The van der Waals surface area contributed by atoms with Crippen molar-refractivity contribution in [2.75, 3.05) is 33.0 Å². The molecule has 0 spiro atoms. The van der Waals surface area contributed by atoms with Gasteiger partial charge < -0.3 is 20.1 Å². The normalized spacial score (nSPS) is 9.79. The number of anilines is 1. The van der Waals surface area contributed by atoms with Crippen LogP contribution in [0.15, 0.2) is 24.3 Å². The molecule has 0 saturated heterocycles. The zero-order valence-corrected chi connectivity index (χ0v) is 11.1. The van der Waals surface area contributed by atoms with Crippen molar-refractivity contribution in [3.8, 4) is 5.75 Å². The van der Waals surface area contributed by atoms with E-state index in [4.69, 9.17) is 10.5 Å². The molecule has 104 valence electrons. The van der Waals surface area contributed by atoms with Crippen molar-refractivity contribution >= 4 is 17.6 Å². The number of amides is 1. The van der Waals surface area contributed by atoms with E-state index in [1.165, 1.54) is 12.0 Å². The average molecular weight is 266 g/mol. The molecule has 0 aliphatic heterocycles. The van der Waals surface area contributed by atoms with E-state index in [1.54, 1.807) is 31.3 Å². The van der Waals surface area contributed by atoms with Gasteiger partial charge in [0.2, 0.25) is 5.91 Å². The quantitative estimate of drug-likeness (QED) is 0.604. The van der Waals surface area contributed by atoms with Crippen molar-refractivity contribution < 1.29 is 19.1 Å². The molecule has 1 aromatic rings. The van der Waals surface area contributed by atoms with Crippen molar-refractivity contribution in [1.82, 2.24) is 4.90 Å². The van der Waals surface area contributed by atoms with Crippen LogP contribution < -0.4 is 10.5 Å². The molecule has 1 rings (SSSR count). The zero-order valence-electron chi connectivity index (χ0n) is 11.1. The molecular formula is C13H18N2O4. The number of hydrogen-bond acceptors (Lipinski definition) is 5. The molecule has 1 aromatic carbocycles. The van der Waals surface area contributed by atoms with E-state index < -0.39 is 5.97 Å². The first-order chi connectivity index (χ1) is 9.02. The van der Waals surface area contributed by atoms with E-state index in [0.717, 1.165) is 0 Å². The highest BCUT2D eigenvalue weighted by atomic mass is 16.5. The number of nitrogens with two attached hydrogens (primary N) is 1. The van der Waals surface area contributed by atoms with Gasteiger partial charge in [-0.1, -0.05) is 6.07 Å². The van der Waals surface area contributed by atoms with Crippen LogP contribution in [0.1, 0.15) is 6.42 Å². The van der Waals surface area contributed by atoms with Gasteiger partial charge in [0.1, 0.15) is 12.3 Å².